The Balaban J connectivity index is 1.87. The van der Waals surface area contributed by atoms with Gasteiger partial charge in [0.15, 0.2) is 0 Å². The van der Waals surface area contributed by atoms with Crippen molar-refractivity contribution in [2.75, 3.05) is 0 Å². The fourth-order valence-electron chi connectivity index (χ4n) is 3.54. The van der Waals surface area contributed by atoms with Crippen molar-refractivity contribution in [2.24, 2.45) is 17.3 Å². The Bertz CT molecular complexity index is 411. The van der Waals surface area contributed by atoms with E-state index in [2.05, 4.69) is 37.2 Å². The lowest BCUT2D eigenvalue weighted by atomic mass is 9.68. The summed E-state index contributed by atoms with van der Waals surface area (Å²) in [6.07, 6.45) is 9.14. The van der Waals surface area contributed by atoms with Crippen LogP contribution >= 0.6 is 0 Å². The molecule has 3 heteroatoms. The molecule has 1 unspecified atom stereocenters. The highest BCUT2D eigenvalue weighted by atomic mass is 16.3. The Morgan fingerprint density at radius 1 is 1.30 bits per heavy atom. The third kappa shape index (κ3) is 3.63. The van der Waals surface area contributed by atoms with Crippen molar-refractivity contribution in [1.29, 1.82) is 0 Å². The summed E-state index contributed by atoms with van der Waals surface area (Å²) in [6.45, 7) is 10.1. The number of aliphatic hydroxyl groups is 1. The Morgan fingerprint density at radius 3 is 2.50 bits per heavy atom. The van der Waals surface area contributed by atoms with Crippen LogP contribution < -0.4 is 0 Å². The van der Waals surface area contributed by atoms with E-state index >= 15 is 0 Å². The van der Waals surface area contributed by atoms with Crippen molar-refractivity contribution in [3.63, 3.8) is 0 Å². The number of aryl methyl sites for hydroxylation is 1. The van der Waals surface area contributed by atoms with Gasteiger partial charge in [-0.3, -0.25) is 0 Å². The first-order valence-electron chi connectivity index (χ1n) is 8.10. The molecular weight excluding hydrogens is 248 g/mol. The minimum atomic E-state index is -0.233. The molecule has 1 aromatic heterocycles. The topological polar surface area (TPSA) is 38.0 Å². The molecule has 114 valence electrons. The molecule has 1 N–H and O–H groups in total. The maximum Gasteiger partial charge on any atom is 0.111 e. The highest BCUT2D eigenvalue weighted by molar-refractivity contribution is 4.96. The van der Waals surface area contributed by atoms with E-state index < -0.39 is 0 Å². The first-order chi connectivity index (χ1) is 9.41. The minimum absolute atomic E-state index is 0.233. The average molecular weight is 278 g/mol. The molecule has 0 radical (unpaired) electrons. The summed E-state index contributed by atoms with van der Waals surface area (Å²) in [6, 6.07) is 0. The lowest BCUT2D eigenvalue weighted by Crippen LogP contribution is -2.32. The van der Waals surface area contributed by atoms with E-state index in [0.717, 1.165) is 31.1 Å². The minimum Gasteiger partial charge on any atom is -0.392 e. The SMILES string of the molecule is CCn1ccnc1CC(O)C1CCC(C(C)(C)C)CC1. The van der Waals surface area contributed by atoms with Crippen LogP contribution in [-0.4, -0.2) is 20.8 Å². The van der Waals surface area contributed by atoms with Gasteiger partial charge in [0.1, 0.15) is 5.82 Å². The second-order valence-electron chi connectivity index (χ2n) is 7.38. The highest BCUT2D eigenvalue weighted by Crippen LogP contribution is 2.40. The fourth-order valence-corrected chi connectivity index (χ4v) is 3.54. The predicted octanol–water partition coefficient (Wildman–Crippen LogP) is 3.66. The van der Waals surface area contributed by atoms with Gasteiger partial charge in [-0.05, 0) is 49.9 Å². The normalized spacial score (nSPS) is 25.6. The van der Waals surface area contributed by atoms with Crippen LogP contribution in [0.25, 0.3) is 0 Å². The molecule has 0 bridgehead atoms. The molecule has 0 saturated heterocycles. The van der Waals surface area contributed by atoms with Gasteiger partial charge in [-0.1, -0.05) is 20.8 Å². The van der Waals surface area contributed by atoms with Gasteiger partial charge in [0, 0.05) is 25.4 Å². The number of hydrogen-bond acceptors (Lipinski definition) is 2. The third-order valence-electron chi connectivity index (χ3n) is 5.07. The number of nitrogens with zero attached hydrogens (tertiary/aromatic N) is 2. The monoisotopic (exact) mass is 278 g/mol. The summed E-state index contributed by atoms with van der Waals surface area (Å²) >= 11 is 0. The highest BCUT2D eigenvalue weighted by Gasteiger charge is 2.32. The standard InChI is InChI=1S/C17H30N2O/c1-5-19-11-10-18-16(19)12-15(20)13-6-8-14(9-7-13)17(2,3)4/h10-11,13-15,20H,5-9,12H2,1-4H3. The van der Waals surface area contributed by atoms with Gasteiger partial charge in [0.2, 0.25) is 0 Å². The van der Waals surface area contributed by atoms with Crippen molar-refractivity contribution < 1.29 is 5.11 Å². The Hall–Kier alpha value is -0.830. The molecule has 1 atom stereocenters. The molecule has 0 spiro atoms. The van der Waals surface area contributed by atoms with Crippen LogP contribution in [0, 0.1) is 17.3 Å². The van der Waals surface area contributed by atoms with E-state index in [4.69, 9.17) is 0 Å². The molecule has 20 heavy (non-hydrogen) atoms. The molecule has 1 aliphatic rings. The fraction of sp³-hybridized carbons (Fsp3) is 0.824. The van der Waals surface area contributed by atoms with Crippen molar-refractivity contribution >= 4 is 0 Å². The largest absolute Gasteiger partial charge is 0.392 e. The molecule has 1 heterocycles. The van der Waals surface area contributed by atoms with Crippen LogP contribution in [0.5, 0.6) is 0 Å². The maximum atomic E-state index is 10.5. The quantitative estimate of drug-likeness (QED) is 0.912. The van der Waals surface area contributed by atoms with Gasteiger partial charge < -0.3 is 9.67 Å². The number of hydrogen-bond donors (Lipinski definition) is 1. The maximum absolute atomic E-state index is 10.5. The summed E-state index contributed by atoms with van der Waals surface area (Å²) in [7, 11) is 0. The zero-order chi connectivity index (χ0) is 14.8. The molecule has 1 aromatic rings. The molecule has 0 aliphatic heterocycles. The van der Waals surface area contributed by atoms with Gasteiger partial charge in [-0.25, -0.2) is 4.98 Å². The summed E-state index contributed by atoms with van der Waals surface area (Å²) in [4.78, 5) is 4.38. The molecule has 1 fully saturated rings. The summed E-state index contributed by atoms with van der Waals surface area (Å²) in [5.74, 6) is 2.29. The predicted molar refractivity (Wildman–Crippen MR) is 82.5 cm³/mol. The van der Waals surface area contributed by atoms with E-state index in [1.165, 1.54) is 12.8 Å². The Labute approximate surface area is 123 Å². The second-order valence-corrected chi connectivity index (χ2v) is 7.38. The summed E-state index contributed by atoms with van der Waals surface area (Å²) in [5.41, 5.74) is 0.411. The first-order valence-corrected chi connectivity index (χ1v) is 8.10. The van der Waals surface area contributed by atoms with Gasteiger partial charge in [0.05, 0.1) is 6.10 Å². The number of aliphatic hydroxyl groups excluding tert-OH is 1. The van der Waals surface area contributed by atoms with Crippen molar-refractivity contribution in [3.05, 3.63) is 18.2 Å². The molecule has 0 amide bonds. The van der Waals surface area contributed by atoms with E-state index in [-0.39, 0.29) is 6.10 Å². The van der Waals surface area contributed by atoms with Crippen LogP contribution in [0.2, 0.25) is 0 Å². The summed E-state index contributed by atoms with van der Waals surface area (Å²) in [5, 5.41) is 10.5. The van der Waals surface area contributed by atoms with Crippen LogP contribution in [0.1, 0.15) is 59.2 Å². The van der Waals surface area contributed by atoms with Gasteiger partial charge in [-0.15, -0.1) is 0 Å². The number of imidazole rings is 1. The number of aromatic nitrogens is 2. The van der Waals surface area contributed by atoms with Crippen molar-refractivity contribution in [3.8, 4) is 0 Å². The Morgan fingerprint density at radius 2 is 1.95 bits per heavy atom. The van der Waals surface area contributed by atoms with Gasteiger partial charge in [0.25, 0.3) is 0 Å². The van der Waals surface area contributed by atoms with Gasteiger partial charge in [-0.2, -0.15) is 0 Å². The molecule has 2 rings (SSSR count). The van der Waals surface area contributed by atoms with E-state index in [1.54, 1.807) is 0 Å². The third-order valence-corrected chi connectivity index (χ3v) is 5.07. The molecular formula is C17H30N2O. The lowest BCUT2D eigenvalue weighted by Gasteiger charge is -2.38. The molecule has 1 saturated carbocycles. The van der Waals surface area contributed by atoms with Crippen LogP contribution in [0.4, 0.5) is 0 Å². The Kier molecular flexibility index (Phi) is 4.90. The lowest BCUT2D eigenvalue weighted by molar-refractivity contribution is 0.0520. The zero-order valence-corrected chi connectivity index (χ0v) is 13.5. The van der Waals surface area contributed by atoms with E-state index in [0.29, 0.717) is 17.8 Å². The zero-order valence-electron chi connectivity index (χ0n) is 13.5. The van der Waals surface area contributed by atoms with Gasteiger partial charge >= 0.3 is 0 Å². The van der Waals surface area contributed by atoms with Crippen molar-refractivity contribution in [2.45, 2.75) is 72.4 Å². The molecule has 0 aromatic carbocycles. The van der Waals surface area contributed by atoms with Crippen LogP contribution in [0.15, 0.2) is 12.4 Å². The first kappa shape index (κ1) is 15.6. The second kappa shape index (κ2) is 6.30. The molecule has 3 nitrogen and oxygen atoms in total. The summed E-state index contributed by atoms with van der Waals surface area (Å²) < 4.78 is 2.13. The van der Waals surface area contributed by atoms with Crippen molar-refractivity contribution in [1.82, 2.24) is 9.55 Å². The van der Waals surface area contributed by atoms with E-state index in [1.807, 2.05) is 12.4 Å². The van der Waals surface area contributed by atoms with Crippen LogP contribution in [0.3, 0.4) is 0 Å². The van der Waals surface area contributed by atoms with E-state index in [9.17, 15) is 5.11 Å². The molecule has 1 aliphatic carbocycles. The van der Waals surface area contributed by atoms with Crippen LogP contribution in [-0.2, 0) is 13.0 Å². The smallest absolute Gasteiger partial charge is 0.111 e. The average Bonchev–Trinajstić information content (AvgIpc) is 2.85. The number of rotatable bonds is 4.